The summed E-state index contributed by atoms with van der Waals surface area (Å²) in [7, 11) is 1.64. The van der Waals surface area contributed by atoms with Gasteiger partial charge >= 0.3 is 0 Å². The van der Waals surface area contributed by atoms with E-state index in [9.17, 15) is 0 Å². The second-order valence-corrected chi connectivity index (χ2v) is 4.14. The molecule has 0 unspecified atom stereocenters. The van der Waals surface area contributed by atoms with E-state index in [1.807, 2.05) is 24.3 Å². The summed E-state index contributed by atoms with van der Waals surface area (Å²) < 4.78 is 10.7. The van der Waals surface area contributed by atoms with E-state index >= 15 is 0 Å². The smallest absolute Gasteiger partial charge is 0.129 e. The third-order valence-electron chi connectivity index (χ3n) is 2.74. The summed E-state index contributed by atoms with van der Waals surface area (Å²) in [6.07, 6.45) is 0.998. The Kier molecular flexibility index (Phi) is 3.99. The quantitative estimate of drug-likeness (QED) is 0.824. The second kappa shape index (κ2) is 5.69. The first-order valence-corrected chi connectivity index (χ1v) is 6.05. The Morgan fingerprint density at radius 1 is 1.28 bits per heavy atom. The third kappa shape index (κ3) is 2.71. The maximum absolute atomic E-state index is 5.93. The highest BCUT2D eigenvalue weighted by Crippen LogP contribution is 2.23. The van der Waals surface area contributed by atoms with Crippen molar-refractivity contribution in [3.05, 3.63) is 29.8 Å². The van der Waals surface area contributed by atoms with E-state index in [1.165, 1.54) is 0 Å². The molecule has 96 valence electrons. The van der Waals surface area contributed by atoms with E-state index in [1.54, 1.807) is 7.11 Å². The van der Waals surface area contributed by atoms with Crippen molar-refractivity contribution in [2.75, 3.05) is 19.5 Å². The fourth-order valence-electron chi connectivity index (χ4n) is 1.77. The van der Waals surface area contributed by atoms with E-state index in [0.29, 0.717) is 12.4 Å². The van der Waals surface area contributed by atoms with Gasteiger partial charge in [-0.3, -0.25) is 0 Å². The summed E-state index contributed by atoms with van der Waals surface area (Å²) in [5.41, 5.74) is 7.70. The molecule has 0 atom stereocenters. The molecule has 4 nitrogen and oxygen atoms in total. The van der Waals surface area contributed by atoms with Crippen LogP contribution >= 0.6 is 0 Å². The van der Waals surface area contributed by atoms with E-state index in [4.69, 9.17) is 15.2 Å². The van der Waals surface area contributed by atoms with E-state index in [2.05, 4.69) is 11.9 Å². The molecule has 2 N–H and O–H groups in total. The molecule has 0 saturated carbocycles. The number of rotatable bonds is 5. The van der Waals surface area contributed by atoms with Gasteiger partial charge in [0.1, 0.15) is 11.6 Å². The number of hydrogen-bond donors (Lipinski definition) is 1. The van der Waals surface area contributed by atoms with Gasteiger partial charge in [0.15, 0.2) is 0 Å². The predicted molar refractivity (Wildman–Crippen MR) is 72.7 cm³/mol. The first-order valence-electron chi connectivity index (χ1n) is 6.05. The van der Waals surface area contributed by atoms with Crippen molar-refractivity contribution in [2.45, 2.75) is 20.0 Å². The maximum Gasteiger partial charge on any atom is 0.129 e. The Hall–Kier alpha value is -1.81. The van der Waals surface area contributed by atoms with Gasteiger partial charge in [0, 0.05) is 23.6 Å². The zero-order valence-corrected chi connectivity index (χ0v) is 10.8. The lowest BCUT2D eigenvalue weighted by atomic mass is 10.1. The monoisotopic (exact) mass is 246 g/mol. The lowest BCUT2D eigenvalue weighted by Crippen LogP contribution is -2.01. The Balaban J connectivity index is 2.30. The molecule has 0 bridgehead atoms. The number of nitrogen functional groups attached to an aromatic ring is 1. The molecule has 4 heteroatoms. The Bertz CT molecular complexity index is 541. The lowest BCUT2D eigenvalue weighted by Gasteiger charge is -2.08. The Morgan fingerprint density at radius 2 is 2.11 bits per heavy atom. The zero-order chi connectivity index (χ0) is 13.0. The largest absolute Gasteiger partial charge is 0.497 e. The van der Waals surface area contributed by atoms with Gasteiger partial charge in [0.25, 0.3) is 0 Å². The topological polar surface area (TPSA) is 57.4 Å². The molecule has 1 aromatic carbocycles. The molecular weight excluding hydrogens is 228 g/mol. The summed E-state index contributed by atoms with van der Waals surface area (Å²) in [6.45, 7) is 3.32. The van der Waals surface area contributed by atoms with Crippen LogP contribution in [0.1, 0.15) is 18.9 Å². The average molecular weight is 246 g/mol. The van der Waals surface area contributed by atoms with Gasteiger partial charge in [-0.15, -0.1) is 0 Å². The number of anilines is 1. The first-order chi connectivity index (χ1) is 8.74. The highest BCUT2D eigenvalue weighted by Gasteiger charge is 2.05. The summed E-state index contributed by atoms with van der Waals surface area (Å²) in [5, 5.41) is 1.04. The molecule has 0 fully saturated rings. The molecule has 0 aliphatic heterocycles. The van der Waals surface area contributed by atoms with Crippen LogP contribution in [0.2, 0.25) is 0 Å². The van der Waals surface area contributed by atoms with Crippen molar-refractivity contribution in [1.29, 1.82) is 0 Å². The molecule has 0 aliphatic carbocycles. The van der Waals surface area contributed by atoms with Crippen LogP contribution in [0.25, 0.3) is 10.9 Å². The predicted octanol–water partition coefficient (Wildman–Crippen LogP) is 2.75. The fraction of sp³-hybridized carbons (Fsp3) is 0.357. The lowest BCUT2D eigenvalue weighted by molar-refractivity contribution is 0.122. The normalized spacial score (nSPS) is 10.8. The van der Waals surface area contributed by atoms with Crippen molar-refractivity contribution in [2.24, 2.45) is 0 Å². The molecule has 0 amide bonds. The Labute approximate surface area is 107 Å². The molecule has 18 heavy (non-hydrogen) atoms. The molecule has 2 aromatic rings. The van der Waals surface area contributed by atoms with E-state index in [0.717, 1.165) is 35.2 Å². The van der Waals surface area contributed by atoms with Gasteiger partial charge in [-0.2, -0.15) is 0 Å². The second-order valence-electron chi connectivity index (χ2n) is 4.14. The zero-order valence-electron chi connectivity index (χ0n) is 10.8. The Morgan fingerprint density at radius 3 is 2.83 bits per heavy atom. The molecule has 1 heterocycles. The van der Waals surface area contributed by atoms with Crippen LogP contribution in [0, 0.1) is 0 Å². The molecule has 2 rings (SSSR count). The van der Waals surface area contributed by atoms with Crippen LogP contribution in [0.5, 0.6) is 5.75 Å². The number of methoxy groups -OCH3 is 1. The van der Waals surface area contributed by atoms with Crippen LogP contribution in [0.3, 0.4) is 0 Å². The van der Waals surface area contributed by atoms with Gasteiger partial charge in [0.05, 0.1) is 19.2 Å². The van der Waals surface area contributed by atoms with Crippen molar-refractivity contribution in [1.82, 2.24) is 4.98 Å². The highest BCUT2D eigenvalue weighted by atomic mass is 16.5. The average Bonchev–Trinajstić information content (AvgIpc) is 2.39. The van der Waals surface area contributed by atoms with Crippen molar-refractivity contribution < 1.29 is 9.47 Å². The van der Waals surface area contributed by atoms with Crippen molar-refractivity contribution >= 4 is 16.7 Å². The van der Waals surface area contributed by atoms with Crippen LogP contribution in [0.4, 0.5) is 5.82 Å². The van der Waals surface area contributed by atoms with Crippen LogP contribution in [-0.4, -0.2) is 18.7 Å². The summed E-state index contributed by atoms with van der Waals surface area (Å²) >= 11 is 0. The number of ether oxygens (including phenoxy) is 2. The van der Waals surface area contributed by atoms with Gasteiger partial charge in [-0.25, -0.2) is 4.98 Å². The first kappa shape index (κ1) is 12.6. The minimum atomic E-state index is 0.509. The summed E-state index contributed by atoms with van der Waals surface area (Å²) in [5.74, 6) is 1.30. The number of aromatic nitrogens is 1. The molecule has 1 aromatic heterocycles. The molecular formula is C14H18N2O2. The minimum Gasteiger partial charge on any atom is -0.497 e. The van der Waals surface area contributed by atoms with Gasteiger partial charge in [0.2, 0.25) is 0 Å². The number of hydrogen-bond acceptors (Lipinski definition) is 4. The van der Waals surface area contributed by atoms with Crippen LogP contribution < -0.4 is 10.5 Å². The number of pyridine rings is 1. The summed E-state index contributed by atoms with van der Waals surface area (Å²) in [4.78, 5) is 4.38. The SMILES string of the molecule is CCCOCc1cc2ccc(OC)cc2nc1N. The van der Waals surface area contributed by atoms with Crippen LogP contribution in [0.15, 0.2) is 24.3 Å². The number of fused-ring (bicyclic) bond motifs is 1. The molecule has 0 saturated heterocycles. The van der Waals surface area contributed by atoms with Crippen molar-refractivity contribution in [3.8, 4) is 5.75 Å². The molecule has 0 aliphatic rings. The fourth-order valence-corrected chi connectivity index (χ4v) is 1.77. The standard InChI is InChI=1S/C14H18N2O2/c1-3-6-18-9-11-7-10-4-5-12(17-2)8-13(10)16-14(11)15/h4-5,7-8H,3,6,9H2,1-2H3,(H2,15,16). The summed E-state index contributed by atoms with van der Waals surface area (Å²) in [6, 6.07) is 7.79. The van der Waals surface area contributed by atoms with Crippen LogP contribution in [-0.2, 0) is 11.3 Å². The van der Waals surface area contributed by atoms with Gasteiger partial charge < -0.3 is 15.2 Å². The van der Waals surface area contributed by atoms with Gasteiger partial charge in [-0.1, -0.05) is 6.92 Å². The van der Waals surface area contributed by atoms with Gasteiger partial charge in [-0.05, 0) is 24.6 Å². The molecule has 0 radical (unpaired) electrons. The van der Waals surface area contributed by atoms with E-state index < -0.39 is 0 Å². The highest BCUT2D eigenvalue weighted by molar-refractivity contribution is 5.82. The maximum atomic E-state index is 5.93. The van der Waals surface area contributed by atoms with Crippen molar-refractivity contribution in [3.63, 3.8) is 0 Å². The minimum absolute atomic E-state index is 0.509. The van der Waals surface area contributed by atoms with E-state index in [-0.39, 0.29) is 0 Å². The number of nitrogens with two attached hydrogens (primary N) is 1. The third-order valence-corrected chi connectivity index (χ3v) is 2.74. The number of benzene rings is 1. The number of nitrogens with zero attached hydrogens (tertiary/aromatic N) is 1. The molecule has 0 spiro atoms.